The van der Waals surface area contributed by atoms with E-state index < -0.39 is 17.8 Å². The van der Waals surface area contributed by atoms with Crippen molar-refractivity contribution in [2.45, 2.75) is 19.6 Å². The topological polar surface area (TPSA) is 59.3 Å². The van der Waals surface area contributed by atoms with E-state index in [-0.39, 0.29) is 23.4 Å². The van der Waals surface area contributed by atoms with Crippen molar-refractivity contribution in [3.8, 4) is 11.3 Å². The number of carbonyl (C=O) groups excluding carboxylic acids is 1. The maximum absolute atomic E-state index is 13.6. The van der Waals surface area contributed by atoms with Gasteiger partial charge in [0.1, 0.15) is 5.56 Å². The van der Waals surface area contributed by atoms with Gasteiger partial charge in [0.2, 0.25) is 0 Å². The Hall–Kier alpha value is -3.68. The molecule has 5 nitrogen and oxygen atoms in total. The van der Waals surface area contributed by atoms with E-state index in [1.165, 1.54) is 0 Å². The van der Waals surface area contributed by atoms with Crippen molar-refractivity contribution in [3.05, 3.63) is 89.2 Å². The van der Waals surface area contributed by atoms with E-state index in [0.29, 0.717) is 10.1 Å². The van der Waals surface area contributed by atoms with Gasteiger partial charge in [-0.2, -0.15) is 18.3 Å². The summed E-state index contributed by atoms with van der Waals surface area (Å²) in [5.74, 6) is -0.545. The van der Waals surface area contributed by atoms with E-state index >= 15 is 0 Å². The summed E-state index contributed by atoms with van der Waals surface area (Å²) in [6, 6.07) is 17.0. The number of nitrogens with zero attached hydrogens (tertiary/aromatic N) is 3. The molecule has 0 atom stereocenters. The first-order valence-electron chi connectivity index (χ1n) is 9.18. The minimum Gasteiger partial charge on any atom is -0.348 e. The van der Waals surface area contributed by atoms with Gasteiger partial charge < -0.3 is 5.32 Å². The van der Waals surface area contributed by atoms with Gasteiger partial charge in [-0.25, -0.2) is 9.50 Å². The normalized spacial score (nSPS) is 11.6. The summed E-state index contributed by atoms with van der Waals surface area (Å²) in [7, 11) is 0. The molecule has 2 heterocycles. The third kappa shape index (κ3) is 3.89. The van der Waals surface area contributed by atoms with Crippen molar-refractivity contribution in [1.82, 2.24) is 19.9 Å². The first kappa shape index (κ1) is 19.6. The molecule has 0 fully saturated rings. The van der Waals surface area contributed by atoms with Gasteiger partial charge in [0.05, 0.1) is 11.9 Å². The van der Waals surface area contributed by atoms with Crippen LogP contribution in [0.5, 0.6) is 0 Å². The van der Waals surface area contributed by atoms with Crippen LogP contribution in [0.4, 0.5) is 13.2 Å². The zero-order chi connectivity index (χ0) is 21.3. The maximum Gasteiger partial charge on any atom is 0.433 e. The molecule has 1 N–H and O–H groups in total. The van der Waals surface area contributed by atoms with Gasteiger partial charge in [-0.1, -0.05) is 60.2 Å². The second-order valence-electron chi connectivity index (χ2n) is 6.85. The van der Waals surface area contributed by atoms with Crippen molar-refractivity contribution in [2.75, 3.05) is 0 Å². The van der Waals surface area contributed by atoms with Crippen LogP contribution in [-0.4, -0.2) is 20.5 Å². The molecule has 0 radical (unpaired) electrons. The number of aryl methyl sites for hydroxylation is 1. The van der Waals surface area contributed by atoms with E-state index in [4.69, 9.17) is 0 Å². The molecular weight excluding hydrogens is 393 g/mol. The Kier molecular flexibility index (Phi) is 4.99. The molecule has 4 aromatic rings. The number of rotatable bonds is 4. The Labute approximate surface area is 170 Å². The van der Waals surface area contributed by atoms with E-state index in [1.807, 2.05) is 31.2 Å². The van der Waals surface area contributed by atoms with Gasteiger partial charge in [0, 0.05) is 12.1 Å². The van der Waals surface area contributed by atoms with Crippen LogP contribution in [0.1, 0.15) is 27.2 Å². The fourth-order valence-electron chi connectivity index (χ4n) is 3.07. The Morgan fingerprint density at radius 2 is 1.77 bits per heavy atom. The van der Waals surface area contributed by atoms with Gasteiger partial charge in [-0.3, -0.25) is 4.79 Å². The smallest absolute Gasteiger partial charge is 0.348 e. The number of alkyl halides is 3. The number of halogens is 3. The standard InChI is InChI=1S/C22H17F3N4O/c1-14-7-9-15(10-8-14)12-26-21(30)17-13-27-29-19(22(23,24)25)11-18(28-20(17)29)16-5-3-2-4-6-16/h2-11,13H,12H2,1H3,(H,26,30). The van der Waals surface area contributed by atoms with Crippen LogP contribution >= 0.6 is 0 Å². The number of carbonyl (C=O) groups is 1. The SMILES string of the molecule is Cc1ccc(CNC(=O)c2cnn3c(C(F)(F)F)cc(-c4ccccc4)nc23)cc1. The highest BCUT2D eigenvalue weighted by atomic mass is 19.4. The molecular formula is C22H17F3N4O. The van der Waals surface area contributed by atoms with Crippen LogP contribution in [0.3, 0.4) is 0 Å². The van der Waals surface area contributed by atoms with Crippen LogP contribution in [0, 0.1) is 6.92 Å². The van der Waals surface area contributed by atoms with Crippen molar-refractivity contribution < 1.29 is 18.0 Å². The zero-order valence-corrected chi connectivity index (χ0v) is 15.9. The van der Waals surface area contributed by atoms with Crippen molar-refractivity contribution >= 4 is 11.6 Å². The Bertz CT molecular complexity index is 1200. The van der Waals surface area contributed by atoms with E-state index in [2.05, 4.69) is 15.4 Å². The van der Waals surface area contributed by atoms with E-state index in [9.17, 15) is 18.0 Å². The first-order valence-corrected chi connectivity index (χ1v) is 9.18. The van der Waals surface area contributed by atoms with E-state index in [0.717, 1.165) is 23.4 Å². The third-order valence-electron chi connectivity index (χ3n) is 4.65. The predicted octanol–water partition coefficient (Wildman–Crippen LogP) is 4.65. The summed E-state index contributed by atoms with van der Waals surface area (Å²) in [6.45, 7) is 2.19. The molecule has 0 aliphatic rings. The minimum atomic E-state index is -4.66. The number of nitrogens with one attached hydrogen (secondary N) is 1. The molecule has 0 unspecified atom stereocenters. The minimum absolute atomic E-state index is 0.0228. The van der Waals surface area contributed by atoms with Crippen LogP contribution in [0.25, 0.3) is 16.9 Å². The molecule has 2 aromatic heterocycles. The van der Waals surface area contributed by atoms with Gasteiger partial charge >= 0.3 is 6.18 Å². The number of aromatic nitrogens is 3. The lowest BCUT2D eigenvalue weighted by Crippen LogP contribution is -2.23. The molecule has 152 valence electrons. The molecule has 8 heteroatoms. The van der Waals surface area contributed by atoms with Gasteiger partial charge in [0.25, 0.3) is 5.91 Å². The Morgan fingerprint density at radius 3 is 2.43 bits per heavy atom. The highest BCUT2D eigenvalue weighted by Gasteiger charge is 2.36. The monoisotopic (exact) mass is 410 g/mol. The summed E-state index contributed by atoms with van der Waals surface area (Å²) >= 11 is 0. The molecule has 0 saturated heterocycles. The largest absolute Gasteiger partial charge is 0.433 e. The number of hydrogen-bond acceptors (Lipinski definition) is 3. The Balaban J connectivity index is 1.73. The van der Waals surface area contributed by atoms with Gasteiger partial charge in [-0.15, -0.1) is 0 Å². The second-order valence-corrected chi connectivity index (χ2v) is 6.85. The van der Waals surface area contributed by atoms with Crippen molar-refractivity contribution in [3.63, 3.8) is 0 Å². The molecule has 30 heavy (non-hydrogen) atoms. The number of fused-ring (bicyclic) bond motifs is 1. The van der Waals surface area contributed by atoms with Crippen LogP contribution in [0.2, 0.25) is 0 Å². The number of benzene rings is 2. The maximum atomic E-state index is 13.6. The lowest BCUT2D eigenvalue weighted by atomic mass is 10.1. The second kappa shape index (κ2) is 7.62. The van der Waals surface area contributed by atoms with Crippen LogP contribution in [-0.2, 0) is 12.7 Å². The van der Waals surface area contributed by atoms with Gasteiger partial charge in [0.15, 0.2) is 11.3 Å². The fraction of sp³-hybridized carbons (Fsp3) is 0.136. The summed E-state index contributed by atoms with van der Waals surface area (Å²) < 4.78 is 41.6. The van der Waals surface area contributed by atoms with Crippen molar-refractivity contribution in [1.29, 1.82) is 0 Å². The third-order valence-corrected chi connectivity index (χ3v) is 4.65. The molecule has 2 aromatic carbocycles. The lowest BCUT2D eigenvalue weighted by molar-refractivity contribution is -0.142. The molecule has 0 saturated carbocycles. The summed E-state index contributed by atoms with van der Waals surface area (Å²) in [6.07, 6.45) is -3.55. The summed E-state index contributed by atoms with van der Waals surface area (Å²) in [4.78, 5) is 17.0. The molecule has 0 bridgehead atoms. The fourth-order valence-corrected chi connectivity index (χ4v) is 3.07. The molecule has 0 spiro atoms. The molecule has 4 rings (SSSR count). The predicted molar refractivity (Wildman–Crippen MR) is 106 cm³/mol. The molecule has 1 amide bonds. The Morgan fingerprint density at radius 1 is 1.07 bits per heavy atom. The summed E-state index contributed by atoms with van der Waals surface area (Å²) in [5, 5.41) is 6.50. The molecule has 0 aliphatic heterocycles. The molecule has 0 aliphatic carbocycles. The zero-order valence-electron chi connectivity index (χ0n) is 15.9. The highest BCUT2D eigenvalue weighted by Crippen LogP contribution is 2.32. The number of amides is 1. The van der Waals surface area contributed by atoms with E-state index in [1.54, 1.807) is 30.3 Å². The average Bonchev–Trinajstić information content (AvgIpc) is 3.16. The van der Waals surface area contributed by atoms with Crippen LogP contribution < -0.4 is 5.32 Å². The quantitative estimate of drug-likeness (QED) is 0.533. The number of hydrogen-bond donors (Lipinski definition) is 1. The summed E-state index contributed by atoms with van der Waals surface area (Å²) in [5.41, 5.74) is 1.42. The first-order chi connectivity index (χ1) is 14.3. The highest BCUT2D eigenvalue weighted by molar-refractivity contribution is 5.99. The van der Waals surface area contributed by atoms with Crippen LogP contribution in [0.15, 0.2) is 66.9 Å². The average molecular weight is 410 g/mol. The van der Waals surface area contributed by atoms with Crippen molar-refractivity contribution in [2.24, 2.45) is 0 Å². The van der Waals surface area contributed by atoms with Gasteiger partial charge in [-0.05, 0) is 18.6 Å². The lowest BCUT2D eigenvalue weighted by Gasteiger charge is -2.11.